The summed E-state index contributed by atoms with van der Waals surface area (Å²) in [6.07, 6.45) is 0.515. The van der Waals surface area contributed by atoms with Crippen LogP contribution in [0.4, 0.5) is 0 Å². The van der Waals surface area contributed by atoms with Crippen LogP contribution in [0.1, 0.15) is 17.0 Å². The molecule has 0 amide bonds. The number of aliphatic hydroxyl groups excluding tert-OH is 1. The van der Waals surface area contributed by atoms with Crippen LogP contribution in [0.25, 0.3) is 11.3 Å². The third kappa shape index (κ3) is 2.28. The molecule has 3 nitrogen and oxygen atoms in total. The van der Waals surface area contributed by atoms with Crippen LogP contribution in [0.2, 0.25) is 5.15 Å². The average Bonchev–Trinajstić information content (AvgIpc) is 2.59. The van der Waals surface area contributed by atoms with Gasteiger partial charge in [0.05, 0.1) is 12.3 Å². The van der Waals surface area contributed by atoms with Gasteiger partial charge in [0.2, 0.25) is 0 Å². The van der Waals surface area contributed by atoms with E-state index in [1.165, 1.54) is 11.1 Å². The molecule has 1 N–H and O–H groups in total. The Hall–Kier alpha value is -1.32. The van der Waals surface area contributed by atoms with Gasteiger partial charge < -0.3 is 9.67 Å². The minimum atomic E-state index is 0.0769. The molecule has 0 spiro atoms. The zero-order valence-corrected chi connectivity index (χ0v) is 11.6. The quantitative estimate of drug-likeness (QED) is 0.926. The van der Waals surface area contributed by atoms with Crippen molar-refractivity contribution in [2.45, 2.75) is 20.3 Å². The van der Waals surface area contributed by atoms with E-state index >= 15 is 0 Å². The van der Waals surface area contributed by atoms with E-state index in [1.807, 2.05) is 17.7 Å². The second-order valence-corrected chi connectivity index (χ2v) is 4.86. The average molecular weight is 265 g/mol. The SMILES string of the molecule is Cc1ccc(-c2c(Cl)nc(CCO)n2C)cc1C. The van der Waals surface area contributed by atoms with Crippen LogP contribution in [0.15, 0.2) is 18.2 Å². The molecule has 1 aromatic carbocycles. The smallest absolute Gasteiger partial charge is 0.155 e. The fourth-order valence-electron chi connectivity index (χ4n) is 2.03. The molecular weight excluding hydrogens is 248 g/mol. The monoisotopic (exact) mass is 264 g/mol. The Kier molecular flexibility index (Phi) is 3.73. The number of halogens is 1. The molecule has 4 heteroatoms. The van der Waals surface area contributed by atoms with E-state index in [4.69, 9.17) is 16.7 Å². The van der Waals surface area contributed by atoms with Gasteiger partial charge in [0.15, 0.2) is 5.15 Å². The van der Waals surface area contributed by atoms with Crippen molar-refractivity contribution in [3.05, 3.63) is 40.3 Å². The van der Waals surface area contributed by atoms with E-state index < -0.39 is 0 Å². The van der Waals surface area contributed by atoms with Crippen LogP contribution < -0.4 is 0 Å². The predicted octanol–water partition coefficient (Wildman–Crippen LogP) is 2.89. The minimum Gasteiger partial charge on any atom is -0.396 e. The Bertz CT molecular complexity index is 575. The summed E-state index contributed by atoms with van der Waals surface area (Å²) in [6, 6.07) is 6.24. The standard InChI is InChI=1S/C14H17ClN2O/c1-9-4-5-11(8-10(9)2)13-14(15)16-12(6-7-18)17(13)3/h4-5,8,18H,6-7H2,1-3H3. The number of imidazole rings is 1. The summed E-state index contributed by atoms with van der Waals surface area (Å²) < 4.78 is 1.95. The molecule has 0 saturated carbocycles. The van der Waals surface area contributed by atoms with Gasteiger partial charge in [-0.1, -0.05) is 23.7 Å². The summed E-state index contributed by atoms with van der Waals surface area (Å²) in [5.74, 6) is 0.802. The lowest BCUT2D eigenvalue weighted by Gasteiger charge is -2.08. The third-order valence-electron chi connectivity index (χ3n) is 3.26. The highest BCUT2D eigenvalue weighted by Crippen LogP contribution is 2.29. The van der Waals surface area contributed by atoms with Crippen molar-refractivity contribution < 1.29 is 5.11 Å². The highest BCUT2D eigenvalue weighted by molar-refractivity contribution is 6.32. The maximum absolute atomic E-state index is 9.00. The van der Waals surface area contributed by atoms with Crippen molar-refractivity contribution in [3.63, 3.8) is 0 Å². The molecule has 1 aromatic heterocycles. The summed E-state index contributed by atoms with van der Waals surface area (Å²) in [6.45, 7) is 4.24. The van der Waals surface area contributed by atoms with Crippen molar-refractivity contribution in [1.29, 1.82) is 0 Å². The first kappa shape index (κ1) is 13.1. The van der Waals surface area contributed by atoms with E-state index in [0.717, 1.165) is 17.1 Å². The van der Waals surface area contributed by atoms with Gasteiger partial charge in [0.1, 0.15) is 5.82 Å². The molecule has 0 bridgehead atoms. The Morgan fingerprint density at radius 2 is 2.00 bits per heavy atom. The second kappa shape index (κ2) is 5.12. The largest absolute Gasteiger partial charge is 0.396 e. The van der Waals surface area contributed by atoms with E-state index in [-0.39, 0.29) is 6.61 Å². The van der Waals surface area contributed by atoms with Crippen LogP contribution in [0.3, 0.4) is 0 Å². The Labute approximate surface area is 112 Å². The Morgan fingerprint density at radius 1 is 1.28 bits per heavy atom. The molecule has 96 valence electrons. The van der Waals surface area contributed by atoms with Crippen LogP contribution in [-0.2, 0) is 13.5 Å². The van der Waals surface area contributed by atoms with Gasteiger partial charge in [-0.3, -0.25) is 0 Å². The van der Waals surface area contributed by atoms with Gasteiger partial charge in [-0.2, -0.15) is 0 Å². The molecule has 2 rings (SSSR count). The molecule has 2 aromatic rings. The first-order chi connectivity index (χ1) is 8.54. The predicted molar refractivity (Wildman–Crippen MR) is 73.9 cm³/mol. The number of hydrogen-bond donors (Lipinski definition) is 1. The highest BCUT2D eigenvalue weighted by atomic mass is 35.5. The number of benzene rings is 1. The topological polar surface area (TPSA) is 38.1 Å². The fourth-order valence-corrected chi connectivity index (χ4v) is 2.37. The first-order valence-electron chi connectivity index (χ1n) is 5.94. The number of aliphatic hydroxyl groups is 1. The highest BCUT2D eigenvalue weighted by Gasteiger charge is 2.14. The molecule has 0 aliphatic carbocycles. The van der Waals surface area contributed by atoms with Crippen molar-refractivity contribution in [2.24, 2.45) is 7.05 Å². The molecule has 1 heterocycles. The van der Waals surface area contributed by atoms with E-state index in [0.29, 0.717) is 11.6 Å². The first-order valence-corrected chi connectivity index (χ1v) is 6.32. The molecule has 0 aliphatic rings. The van der Waals surface area contributed by atoms with Crippen molar-refractivity contribution in [1.82, 2.24) is 9.55 Å². The summed E-state index contributed by atoms with van der Waals surface area (Å²) in [7, 11) is 1.92. The minimum absolute atomic E-state index is 0.0769. The Balaban J connectivity index is 2.53. The van der Waals surface area contributed by atoms with Crippen LogP contribution in [0.5, 0.6) is 0 Å². The maximum Gasteiger partial charge on any atom is 0.155 e. The van der Waals surface area contributed by atoms with Gasteiger partial charge in [0.25, 0.3) is 0 Å². The van der Waals surface area contributed by atoms with E-state index in [1.54, 1.807) is 0 Å². The summed E-state index contributed by atoms with van der Waals surface area (Å²) in [4.78, 5) is 4.30. The normalized spacial score (nSPS) is 10.9. The molecule has 0 atom stereocenters. The molecular formula is C14H17ClN2O. The van der Waals surface area contributed by atoms with E-state index in [2.05, 4.69) is 31.0 Å². The van der Waals surface area contributed by atoms with Gasteiger partial charge in [0, 0.05) is 19.0 Å². The van der Waals surface area contributed by atoms with Crippen molar-refractivity contribution in [2.75, 3.05) is 6.61 Å². The number of hydrogen-bond acceptors (Lipinski definition) is 2. The summed E-state index contributed by atoms with van der Waals surface area (Å²) >= 11 is 6.20. The molecule has 0 radical (unpaired) electrons. The van der Waals surface area contributed by atoms with Gasteiger partial charge in [-0.25, -0.2) is 4.98 Å². The molecule has 18 heavy (non-hydrogen) atoms. The summed E-state index contributed by atoms with van der Waals surface area (Å²) in [5, 5.41) is 9.49. The lowest BCUT2D eigenvalue weighted by Crippen LogP contribution is -2.02. The van der Waals surface area contributed by atoms with Crippen molar-refractivity contribution >= 4 is 11.6 Å². The molecule has 0 unspecified atom stereocenters. The lowest BCUT2D eigenvalue weighted by atomic mass is 10.0. The van der Waals surface area contributed by atoms with Crippen LogP contribution >= 0.6 is 11.6 Å². The van der Waals surface area contributed by atoms with E-state index in [9.17, 15) is 0 Å². The van der Waals surface area contributed by atoms with Crippen LogP contribution in [-0.4, -0.2) is 21.3 Å². The molecule has 0 aliphatic heterocycles. The van der Waals surface area contributed by atoms with Gasteiger partial charge in [-0.05, 0) is 31.0 Å². The third-order valence-corrected chi connectivity index (χ3v) is 3.52. The summed E-state index contributed by atoms with van der Waals surface area (Å²) in [5.41, 5.74) is 4.45. The van der Waals surface area contributed by atoms with Gasteiger partial charge in [-0.15, -0.1) is 0 Å². The maximum atomic E-state index is 9.00. The van der Waals surface area contributed by atoms with Crippen LogP contribution in [0, 0.1) is 13.8 Å². The molecule has 0 saturated heterocycles. The number of aryl methyl sites for hydroxylation is 2. The Morgan fingerprint density at radius 3 is 2.61 bits per heavy atom. The fraction of sp³-hybridized carbons (Fsp3) is 0.357. The lowest BCUT2D eigenvalue weighted by molar-refractivity contribution is 0.295. The molecule has 0 fully saturated rings. The zero-order chi connectivity index (χ0) is 13.3. The zero-order valence-electron chi connectivity index (χ0n) is 10.9. The number of aromatic nitrogens is 2. The number of nitrogens with zero attached hydrogens (tertiary/aromatic N) is 2. The number of rotatable bonds is 3. The van der Waals surface area contributed by atoms with Crippen molar-refractivity contribution in [3.8, 4) is 11.3 Å². The second-order valence-electron chi connectivity index (χ2n) is 4.50. The van der Waals surface area contributed by atoms with Gasteiger partial charge >= 0.3 is 0 Å².